The summed E-state index contributed by atoms with van der Waals surface area (Å²) in [6.45, 7) is 3.14. The fraction of sp³-hybridized carbons (Fsp3) is 0.219. The Kier molecular flexibility index (Phi) is 8.02. The molecule has 3 aromatic carbocycles. The number of carbonyl (C=O) groups excluding carboxylic acids is 1. The Bertz CT molecular complexity index is 1850. The van der Waals surface area contributed by atoms with Crippen LogP contribution in [0, 0.1) is 25.5 Å². The molecule has 0 saturated heterocycles. The molecule has 1 aliphatic heterocycles. The Morgan fingerprint density at radius 1 is 1.00 bits per heavy atom. The number of amides is 1. The zero-order chi connectivity index (χ0) is 31.9. The molecule has 2 atom stereocenters. The van der Waals surface area contributed by atoms with E-state index in [1.807, 2.05) is 13.0 Å². The van der Waals surface area contributed by atoms with Gasteiger partial charge < -0.3 is 15.2 Å². The van der Waals surface area contributed by atoms with E-state index in [1.54, 1.807) is 18.2 Å². The molecule has 12 heteroatoms. The number of fused-ring (bicyclic) bond motifs is 6. The second-order valence-corrected chi connectivity index (χ2v) is 10.5. The first-order valence-electron chi connectivity index (χ1n) is 13.4. The minimum Gasteiger partial charge on any atom is -0.488 e. The van der Waals surface area contributed by atoms with Gasteiger partial charge in [0.05, 0.1) is 18.0 Å². The molecule has 228 valence electrons. The second kappa shape index (κ2) is 11.6. The normalized spacial score (nSPS) is 16.8. The van der Waals surface area contributed by atoms with E-state index in [9.17, 15) is 32.7 Å². The van der Waals surface area contributed by atoms with Gasteiger partial charge in [-0.15, -0.1) is 0 Å². The van der Waals surface area contributed by atoms with Crippen molar-refractivity contribution in [2.24, 2.45) is 0 Å². The number of carboxylic acid groups (broad SMARTS) is 1. The van der Waals surface area contributed by atoms with Crippen LogP contribution >= 0.6 is 0 Å². The first kappa shape index (κ1) is 30.5. The third-order valence-electron chi connectivity index (χ3n) is 7.43. The Balaban J connectivity index is 1.77. The maximum absolute atomic E-state index is 15.7. The summed E-state index contributed by atoms with van der Waals surface area (Å²) >= 11 is 0. The Morgan fingerprint density at radius 3 is 2.43 bits per heavy atom. The fourth-order valence-electron chi connectivity index (χ4n) is 5.34. The monoisotopic (exact) mass is 612 g/mol. The smallest absolute Gasteiger partial charge is 0.416 e. The van der Waals surface area contributed by atoms with Gasteiger partial charge >= 0.3 is 12.1 Å². The Morgan fingerprint density at radius 2 is 1.75 bits per heavy atom. The van der Waals surface area contributed by atoms with Crippen LogP contribution in [-0.2, 0) is 22.4 Å². The number of hydrogen-bond donors (Lipinski definition) is 2. The van der Waals surface area contributed by atoms with Crippen molar-refractivity contribution >= 4 is 11.9 Å². The van der Waals surface area contributed by atoms with Crippen LogP contribution in [0.5, 0.6) is 5.75 Å². The molecule has 1 aliphatic rings. The van der Waals surface area contributed by atoms with Gasteiger partial charge in [0.1, 0.15) is 30.0 Å². The van der Waals surface area contributed by atoms with Crippen LogP contribution < -0.4 is 15.6 Å². The van der Waals surface area contributed by atoms with E-state index < -0.39 is 64.9 Å². The lowest BCUT2D eigenvalue weighted by Gasteiger charge is -2.26. The number of aliphatic carboxylic acids is 1. The summed E-state index contributed by atoms with van der Waals surface area (Å²) in [7, 11) is 0. The molecule has 0 radical (unpaired) electrons. The molecular weight excluding hydrogens is 587 g/mol. The van der Waals surface area contributed by atoms with E-state index in [4.69, 9.17) is 4.74 Å². The number of pyridine rings is 1. The molecule has 0 aliphatic carbocycles. The van der Waals surface area contributed by atoms with Crippen molar-refractivity contribution in [2.45, 2.75) is 45.1 Å². The first-order valence-corrected chi connectivity index (χ1v) is 13.4. The van der Waals surface area contributed by atoms with Crippen LogP contribution in [0.3, 0.4) is 0 Å². The molecule has 4 bridgehead atoms. The van der Waals surface area contributed by atoms with Crippen LogP contribution in [0.4, 0.5) is 22.0 Å². The molecule has 0 saturated carbocycles. The van der Waals surface area contributed by atoms with Crippen molar-refractivity contribution < 1.29 is 41.4 Å². The zero-order valence-electron chi connectivity index (χ0n) is 23.3. The summed E-state index contributed by atoms with van der Waals surface area (Å²) in [5.41, 5.74) is -0.833. The molecule has 7 nitrogen and oxygen atoms in total. The number of nitrogens with zero attached hydrogens (tertiary/aromatic N) is 1. The average Bonchev–Trinajstić information content (AvgIpc) is 2.94. The van der Waals surface area contributed by atoms with Gasteiger partial charge in [-0.25, -0.2) is 8.78 Å². The van der Waals surface area contributed by atoms with Crippen molar-refractivity contribution in [1.82, 2.24) is 9.88 Å². The molecule has 4 aromatic rings. The van der Waals surface area contributed by atoms with Gasteiger partial charge in [0, 0.05) is 29.0 Å². The minimum atomic E-state index is -4.87. The standard InChI is InChI=1S/C32H25F5N2O5/c1-16-4-3-5-25-28(16)19-10-17(2)29(34)22(12-19)24(14-27(41)42)38-31(43)30(21-11-18(15-44-25)6-7-23(21)33)39-9-8-20(13-26(39)40)32(35,36)37/h3-13,24,30H,14-15H2,1-2H3,(H,38,43)(H,41,42)/t24-,30+/m1/s1. The lowest BCUT2D eigenvalue weighted by Crippen LogP contribution is -2.41. The molecule has 2 N–H and O–H groups in total. The highest BCUT2D eigenvalue weighted by Gasteiger charge is 2.34. The number of aromatic nitrogens is 1. The molecule has 1 aromatic heterocycles. The van der Waals surface area contributed by atoms with Crippen molar-refractivity contribution in [1.29, 1.82) is 0 Å². The first-order chi connectivity index (χ1) is 20.7. The molecule has 2 heterocycles. The lowest BCUT2D eigenvalue weighted by molar-refractivity contribution is -0.138. The van der Waals surface area contributed by atoms with E-state index in [-0.39, 0.29) is 23.8 Å². The number of halogens is 5. The van der Waals surface area contributed by atoms with Crippen molar-refractivity contribution in [3.05, 3.63) is 122 Å². The molecule has 1 amide bonds. The predicted molar refractivity (Wildman–Crippen MR) is 149 cm³/mol. The fourth-order valence-corrected chi connectivity index (χ4v) is 5.34. The van der Waals surface area contributed by atoms with Gasteiger partial charge in [-0.05, 0) is 72.5 Å². The molecule has 0 unspecified atom stereocenters. The number of aryl methyl sites for hydroxylation is 2. The summed E-state index contributed by atoms with van der Waals surface area (Å²) in [4.78, 5) is 38.8. The number of nitrogens with one attached hydrogen (secondary N) is 1. The van der Waals surface area contributed by atoms with Gasteiger partial charge in [-0.3, -0.25) is 19.0 Å². The maximum Gasteiger partial charge on any atom is 0.416 e. The van der Waals surface area contributed by atoms with Crippen LogP contribution in [-0.4, -0.2) is 21.6 Å². The lowest BCUT2D eigenvalue weighted by atomic mass is 9.91. The number of hydrogen-bond acceptors (Lipinski definition) is 4. The number of carbonyl (C=O) groups is 2. The summed E-state index contributed by atoms with van der Waals surface area (Å²) in [5.74, 6) is -3.94. The molecule has 0 fully saturated rings. The van der Waals surface area contributed by atoms with Crippen LogP contribution in [0.2, 0.25) is 0 Å². The van der Waals surface area contributed by atoms with Crippen molar-refractivity contribution in [3.63, 3.8) is 0 Å². The third kappa shape index (κ3) is 5.92. The Labute approximate surface area is 247 Å². The summed E-state index contributed by atoms with van der Waals surface area (Å²) < 4.78 is 77.7. The quantitative estimate of drug-likeness (QED) is 0.267. The van der Waals surface area contributed by atoms with E-state index in [0.717, 1.165) is 11.6 Å². The van der Waals surface area contributed by atoms with Crippen LogP contribution in [0.1, 0.15) is 51.9 Å². The number of carboxylic acids is 1. The van der Waals surface area contributed by atoms with Crippen LogP contribution in [0.15, 0.2) is 71.7 Å². The van der Waals surface area contributed by atoms with Crippen molar-refractivity contribution in [2.75, 3.05) is 0 Å². The molecule has 44 heavy (non-hydrogen) atoms. The molecule has 5 rings (SSSR count). The highest BCUT2D eigenvalue weighted by atomic mass is 19.4. The largest absolute Gasteiger partial charge is 0.488 e. The number of benzene rings is 3. The van der Waals surface area contributed by atoms with Gasteiger partial charge in [0.15, 0.2) is 0 Å². The third-order valence-corrected chi connectivity index (χ3v) is 7.43. The van der Waals surface area contributed by atoms with E-state index in [2.05, 4.69) is 5.32 Å². The molecule has 0 spiro atoms. The van der Waals surface area contributed by atoms with Crippen molar-refractivity contribution in [3.8, 4) is 16.9 Å². The second-order valence-electron chi connectivity index (χ2n) is 10.5. The van der Waals surface area contributed by atoms with Crippen LogP contribution in [0.25, 0.3) is 11.1 Å². The predicted octanol–water partition coefficient (Wildman–Crippen LogP) is 6.24. The number of rotatable bonds is 3. The number of alkyl halides is 3. The van der Waals surface area contributed by atoms with E-state index in [0.29, 0.717) is 39.3 Å². The Hall–Kier alpha value is -5.00. The summed E-state index contributed by atoms with van der Waals surface area (Å²) in [6, 6.07) is 9.23. The van der Waals surface area contributed by atoms with E-state index >= 15 is 8.78 Å². The highest BCUT2D eigenvalue weighted by Crippen LogP contribution is 2.38. The van der Waals surface area contributed by atoms with E-state index in [1.165, 1.54) is 25.1 Å². The minimum absolute atomic E-state index is 0.130. The van der Waals surface area contributed by atoms with Gasteiger partial charge in [0.25, 0.3) is 5.56 Å². The summed E-state index contributed by atoms with van der Waals surface area (Å²) in [6.07, 6.45) is -4.97. The SMILES string of the molecule is Cc1cc2cc(c1F)[C@@H](CC(=O)O)NC(=O)[C@@H](n1ccc(C(F)(F)F)cc1=O)c1cc(ccc1F)COc1cccc(C)c1-2. The highest BCUT2D eigenvalue weighted by molar-refractivity contribution is 5.85. The number of ether oxygens (including phenoxy) is 1. The zero-order valence-corrected chi connectivity index (χ0v) is 23.3. The molecular formula is C32H25F5N2O5. The topological polar surface area (TPSA) is 97.6 Å². The average molecular weight is 613 g/mol. The summed E-state index contributed by atoms with van der Waals surface area (Å²) in [5, 5.41) is 12.1. The van der Waals surface area contributed by atoms with Gasteiger partial charge in [-0.1, -0.05) is 18.2 Å². The van der Waals surface area contributed by atoms with Gasteiger partial charge in [-0.2, -0.15) is 13.2 Å². The maximum atomic E-state index is 15.7. The van der Waals surface area contributed by atoms with Gasteiger partial charge in [0.2, 0.25) is 5.91 Å².